The lowest BCUT2D eigenvalue weighted by molar-refractivity contribution is 0.263. The minimum atomic E-state index is 0.518. The molecule has 3 heteroatoms. The van der Waals surface area contributed by atoms with Crippen LogP contribution in [0.25, 0.3) is 0 Å². The van der Waals surface area contributed by atoms with Crippen molar-refractivity contribution in [3.8, 4) is 0 Å². The number of pyridine rings is 1. The topological polar surface area (TPSA) is 28.2 Å². The zero-order valence-electron chi connectivity index (χ0n) is 12.9. The molecule has 1 N–H and O–H groups in total. The van der Waals surface area contributed by atoms with Gasteiger partial charge in [-0.15, -0.1) is 0 Å². The van der Waals surface area contributed by atoms with E-state index in [9.17, 15) is 0 Å². The van der Waals surface area contributed by atoms with Gasteiger partial charge in [0, 0.05) is 25.3 Å². The summed E-state index contributed by atoms with van der Waals surface area (Å²) in [6, 6.07) is 4.87. The van der Waals surface area contributed by atoms with Gasteiger partial charge in [0.05, 0.1) is 5.69 Å². The van der Waals surface area contributed by atoms with E-state index in [1.165, 1.54) is 24.1 Å². The first-order chi connectivity index (χ1) is 9.15. The minimum absolute atomic E-state index is 0.518. The molecule has 3 nitrogen and oxygen atoms in total. The summed E-state index contributed by atoms with van der Waals surface area (Å²) in [5.41, 5.74) is 2.44. The van der Waals surface area contributed by atoms with Crippen molar-refractivity contribution in [1.29, 1.82) is 0 Å². The summed E-state index contributed by atoms with van der Waals surface area (Å²) in [6.07, 6.45) is 4.41. The van der Waals surface area contributed by atoms with Gasteiger partial charge in [0.2, 0.25) is 0 Å². The third-order valence-electron chi connectivity index (χ3n) is 3.07. The van der Waals surface area contributed by atoms with Gasteiger partial charge < -0.3 is 5.32 Å². The van der Waals surface area contributed by atoms with E-state index in [2.05, 4.69) is 55.0 Å². The molecular weight excluding hydrogens is 234 g/mol. The molecule has 0 spiro atoms. The summed E-state index contributed by atoms with van der Waals surface area (Å²) in [5.74, 6) is 0. The largest absolute Gasteiger partial charge is 0.310 e. The standard InChI is InChI=1S/C16H29N3/c1-5-9-19(10-6-2)13-16-8-7-15(12-18-16)11-17-14(3)4/h7-8,12,14,17H,5-6,9-11,13H2,1-4H3. The van der Waals surface area contributed by atoms with Gasteiger partial charge >= 0.3 is 0 Å². The van der Waals surface area contributed by atoms with Gasteiger partial charge in [-0.05, 0) is 37.6 Å². The van der Waals surface area contributed by atoms with Crippen molar-refractivity contribution >= 4 is 0 Å². The SMILES string of the molecule is CCCN(CCC)Cc1ccc(CNC(C)C)cn1. The number of hydrogen-bond donors (Lipinski definition) is 1. The van der Waals surface area contributed by atoms with Crippen molar-refractivity contribution in [2.24, 2.45) is 0 Å². The lowest BCUT2D eigenvalue weighted by atomic mass is 10.2. The highest BCUT2D eigenvalue weighted by molar-refractivity contribution is 5.14. The van der Waals surface area contributed by atoms with Gasteiger partial charge in [0.1, 0.15) is 0 Å². The van der Waals surface area contributed by atoms with Crippen LogP contribution in [0, 0.1) is 0 Å². The molecule has 0 fully saturated rings. The second-order valence-corrected chi connectivity index (χ2v) is 5.47. The van der Waals surface area contributed by atoms with E-state index >= 15 is 0 Å². The molecule has 19 heavy (non-hydrogen) atoms. The van der Waals surface area contributed by atoms with Gasteiger partial charge in [0.15, 0.2) is 0 Å². The molecular formula is C16H29N3. The number of nitrogens with one attached hydrogen (secondary N) is 1. The third-order valence-corrected chi connectivity index (χ3v) is 3.07. The van der Waals surface area contributed by atoms with Gasteiger partial charge in [0.25, 0.3) is 0 Å². The number of aromatic nitrogens is 1. The summed E-state index contributed by atoms with van der Waals surface area (Å²) < 4.78 is 0. The minimum Gasteiger partial charge on any atom is -0.310 e. The molecule has 1 aromatic heterocycles. The predicted molar refractivity (Wildman–Crippen MR) is 82.1 cm³/mol. The van der Waals surface area contributed by atoms with Crippen LogP contribution in [0.1, 0.15) is 51.8 Å². The van der Waals surface area contributed by atoms with Crippen molar-refractivity contribution in [3.05, 3.63) is 29.6 Å². The van der Waals surface area contributed by atoms with E-state index in [-0.39, 0.29) is 0 Å². The highest BCUT2D eigenvalue weighted by atomic mass is 15.1. The Balaban J connectivity index is 2.50. The van der Waals surface area contributed by atoms with Crippen LogP contribution in [0.2, 0.25) is 0 Å². The Morgan fingerprint density at radius 2 is 1.84 bits per heavy atom. The Morgan fingerprint density at radius 1 is 1.16 bits per heavy atom. The molecule has 0 aromatic carbocycles. The van der Waals surface area contributed by atoms with Crippen molar-refractivity contribution in [2.75, 3.05) is 13.1 Å². The molecule has 0 saturated carbocycles. The van der Waals surface area contributed by atoms with Gasteiger partial charge in [-0.2, -0.15) is 0 Å². The smallest absolute Gasteiger partial charge is 0.0544 e. The summed E-state index contributed by atoms with van der Waals surface area (Å²) in [4.78, 5) is 7.06. The quantitative estimate of drug-likeness (QED) is 0.741. The summed E-state index contributed by atoms with van der Waals surface area (Å²) in [7, 11) is 0. The van der Waals surface area contributed by atoms with Crippen LogP contribution in [-0.2, 0) is 13.1 Å². The molecule has 1 heterocycles. The van der Waals surface area contributed by atoms with Crippen LogP contribution in [0.5, 0.6) is 0 Å². The lowest BCUT2D eigenvalue weighted by Crippen LogP contribution is -2.25. The fourth-order valence-electron chi connectivity index (χ4n) is 2.11. The van der Waals surface area contributed by atoms with E-state index in [4.69, 9.17) is 0 Å². The molecule has 108 valence electrons. The highest BCUT2D eigenvalue weighted by Gasteiger charge is 2.05. The maximum Gasteiger partial charge on any atom is 0.0544 e. The van der Waals surface area contributed by atoms with Crippen molar-refractivity contribution in [1.82, 2.24) is 15.2 Å². The van der Waals surface area contributed by atoms with Crippen LogP contribution in [-0.4, -0.2) is 29.0 Å². The molecule has 0 saturated heterocycles. The van der Waals surface area contributed by atoms with Crippen LogP contribution < -0.4 is 5.32 Å². The van der Waals surface area contributed by atoms with E-state index in [0.717, 1.165) is 26.2 Å². The summed E-state index contributed by atoms with van der Waals surface area (Å²) in [5, 5.41) is 3.41. The monoisotopic (exact) mass is 263 g/mol. The van der Waals surface area contributed by atoms with Crippen LogP contribution in [0.4, 0.5) is 0 Å². The molecule has 0 radical (unpaired) electrons. The maximum atomic E-state index is 4.58. The van der Waals surface area contributed by atoms with E-state index < -0.39 is 0 Å². The Hall–Kier alpha value is -0.930. The van der Waals surface area contributed by atoms with Crippen LogP contribution >= 0.6 is 0 Å². The highest BCUT2D eigenvalue weighted by Crippen LogP contribution is 2.06. The fourth-order valence-corrected chi connectivity index (χ4v) is 2.11. The van der Waals surface area contributed by atoms with E-state index in [0.29, 0.717) is 6.04 Å². The zero-order valence-corrected chi connectivity index (χ0v) is 12.9. The van der Waals surface area contributed by atoms with Crippen molar-refractivity contribution in [3.63, 3.8) is 0 Å². The summed E-state index contributed by atoms with van der Waals surface area (Å²) in [6.45, 7) is 13.0. The molecule has 0 amide bonds. The van der Waals surface area contributed by atoms with Crippen molar-refractivity contribution in [2.45, 2.75) is 59.7 Å². The molecule has 1 aromatic rings. The first kappa shape index (κ1) is 16.1. The first-order valence-corrected chi connectivity index (χ1v) is 7.55. The Labute approximate surface area is 118 Å². The first-order valence-electron chi connectivity index (χ1n) is 7.55. The van der Waals surface area contributed by atoms with Gasteiger partial charge in [-0.1, -0.05) is 33.8 Å². The average Bonchev–Trinajstić information content (AvgIpc) is 2.38. The second kappa shape index (κ2) is 9.05. The maximum absolute atomic E-state index is 4.58. The third kappa shape index (κ3) is 6.69. The molecule has 0 aliphatic carbocycles. The van der Waals surface area contributed by atoms with Gasteiger partial charge in [-0.25, -0.2) is 0 Å². The van der Waals surface area contributed by atoms with Gasteiger partial charge in [-0.3, -0.25) is 9.88 Å². The summed E-state index contributed by atoms with van der Waals surface area (Å²) >= 11 is 0. The average molecular weight is 263 g/mol. The van der Waals surface area contributed by atoms with E-state index in [1.807, 2.05) is 6.20 Å². The molecule has 0 aliphatic heterocycles. The molecule has 0 unspecified atom stereocenters. The molecule has 0 atom stereocenters. The fraction of sp³-hybridized carbons (Fsp3) is 0.688. The Bertz CT molecular complexity index is 326. The van der Waals surface area contributed by atoms with Crippen molar-refractivity contribution < 1.29 is 0 Å². The van der Waals surface area contributed by atoms with Crippen LogP contribution in [0.15, 0.2) is 18.3 Å². The number of nitrogens with zero attached hydrogens (tertiary/aromatic N) is 2. The predicted octanol–water partition coefficient (Wildman–Crippen LogP) is 3.20. The zero-order chi connectivity index (χ0) is 14.1. The molecule has 0 aliphatic rings. The second-order valence-electron chi connectivity index (χ2n) is 5.47. The number of rotatable bonds is 9. The molecule has 0 bridgehead atoms. The number of hydrogen-bond acceptors (Lipinski definition) is 3. The Kier molecular flexibility index (Phi) is 7.68. The molecule has 1 rings (SSSR count). The van der Waals surface area contributed by atoms with E-state index in [1.54, 1.807) is 0 Å². The Morgan fingerprint density at radius 3 is 2.32 bits per heavy atom. The normalized spacial score (nSPS) is 11.5. The van der Waals surface area contributed by atoms with Crippen LogP contribution in [0.3, 0.4) is 0 Å². The lowest BCUT2D eigenvalue weighted by Gasteiger charge is -2.20.